The average molecular weight is 255 g/mol. The normalized spacial score (nSPS) is 18.6. The molecular weight excluding hydrogens is 230 g/mol. The molecule has 0 unspecified atom stereocenters. The third-order valence-electron chi connectivity index (χ3n) is 4.22. The first-order chi connectivity index (χ1) is 8.55. The van der Waals surface area contributed by atoms with Crippen LogP contribution in [0.1, 0.15) is 58.8 Å². The Kier molecular flexibility index (Phi) is 5.63. The van der Waals surface area contributed by atoms with Crippen molar-refractivity contribution in [2.24, 2.45) is 11.3 Å². The Hall–Kier alpha value is -1.06. The second-order valence-corrected chi connectivity index (χ2v) is 5.38. The van der Waals surface area contributed by atoms with Crippen molar-refractivity contribution in [3.8, 4) is 0 Å². The van der Waals surface area contributed by atoms with E-state index < -0.39 is 11.4 Å². The fourth-order valence-corrected chi connectivity index (χ4v) is 2.75. The zero-order chi connectivity index (χ0) is 13.6. The highest BCUT2D eigenvalue weighted by Crippen LogP contribution is 2.36. The first-order valence-electron chi connectivity index (χ1n) is 7.07. The van der Waals surface area contributed by atoms with E-state index in [1.54, 1.807) is 0 Å². The van der Waals surface area contributed by atoms with Gasteiger partial charge in [0.15, 0.2) is 0 Å². The second kappa shape index (κ2) is 6.76. The minimum absolute atomic E-state index is 0.00574. The number of carbonyl (C=O) groups is 2. The van der Waals surface area contributed by atoms with E-state index >= 15 is 0 Å². The molecule has 1 amide bonds. The molecule has 1 saturated carbocycles. The minimum Gasteiger partial charge on any atom is -0.481 e. The number of nitrogens with one attached hydrogen (secondary N) is 1. The lowest BCUT2D eigenvalue weighted by molar-refractivity contribution is -0.151. The summed E-state index contributed by atoms with van der Waals surface area (Å²) in [5.74, 6) is -0.738. The Balaban J connectivity index is 2.57. The van der Waals surface area contributed by atoms with Crippen molar-refractivity contribution in [1.82, 2.24) is 5.32 Å². The lowest BCUT2D eigenvalue weighted by atomic mass is 9.74. The van der Waals surface area contributed by atoms with Gasteiger partial charge in [0.2, 0.25) is 5.91 Å². The molecule has 0 aromatic carbocycles. The number of carbonyl (C=O) groups excluding carboxylic acids is 1. The maximum atomic E-state index is 11.9. The summed E-state index contributed by atoms with van der Waals surface area (Å²) >= 11 is 0. The standard InChI is InChI=1S/C14H25NO3/c1-3-11(4-2)12(16)15-10-14(13(17)18)8-6-5-7-9-14/h11H,3-10H2,1-2H3,(H,15,16)(H,17,18). The molecule has 0 saturated heterocycles. The lowest BCUT2D eigenvalue weighted by Gasteiger charge is -2.33. The Labute approximate surface area is 109 Å². The van der Waals surface area contributed by atoms with Crippen molar-refractivity contribution < 1.29 is 14.7 Å². The lowest BCUT2D eigenvalue weighted by Crippen LogP contribution is -2.45. The van der Waals surface area contributed by atoms with E-state index in [-0.39, 0.29) is 18.4 Å². The van der Waals surface area contributed by atoms with E-state index in [1.807, 2.05) is 13.8 Å². The van der Waals surface area contributed by atoms with Crippen molar-refractivity contribution in [3.05, 3.63) is 0 Å². The number of carboxylic acid groups (broad SMARTS) is 1. The number of hydrogen-bond acceptors (Lipinski definition) is 2. The SMILES string of the molecule is CCC(CC)C(=O)NCC1(C(=O)O)CCCCC1. The molecule has 1 aliphatic carbocycles. The number of amides is 1. The average Bonchev–Trinajstić information content (AvgIpc) is 2.38. The van der Waals surface area contributed by atoms with Crippen LogP contribution in [0.3, 0.4) is 0 Å². The summed E-state index contributed by atoms with van der Waals surface area (Å²) in [5, 5.41) is 12.3. The first-order valence-corrected chi connectivity index (χ1v) is 7.07. The van der Waals surface area contributed by atoms with Crippen molar-refractivity contribution in [2.45, 2.75) is 58.8 Å². The molecule has 0 radical (unpaired) electrons. The van der Waals surface area contributed by atoms with Crippen LogP contribution in [0.5, 0.6) is 0 Å². The van der Waals surface area contributed by atoms with E-state index in [4.69, 9.17) is 0 Å². The minimum atomic E-state index is -0.757. The van der Waals surface area contributed by atoms with Gasteiger partial charge in [-0.3, -0.25) is 9.59 Å². The van der Waals surface area contributed by atoms with Gasteiger partial charge < -0.3 is 10.4 Å². The van der Waals surface area contributed by atoms with E-state index in [0.717, 1.165) is 32.1 Å². The fourth-order valence-electron chi connectivity index (χ4n) is 2.75. The molecule has 1 rings (SSSR count). The van der Waals surface area contributed by atoms with Crippen molar-refractivity contribution >= 4 is 11.9 Å². The molecule has 104 valence electrons. The van der Waals surface area contributed by atoms with E-state index in [1.165, 1.54) is 0 Å². The van der Waals surface area contributed by atoms with Crippen LogP contribution < -0.4 is 5.32 Å². The predicted octanol–water partition coefficient (Wildman–Crippen LogP) is 2.57. The van der Waals surface area contributed by atoms with E-state index in [9.17, 15) is 14.7 Å². The molecule has 1 aliphatic rings. The summed E-state index contributed by atoms with van der Waals surface area (Å²) in [6, 6.07) is 0. The van der Waals surface area contributed by atoms with Crippen molar-refractivity contribution in [2.75, 3.05) is 6.54 Å². The molecule has 4 nitrogen and oxygen atoms in total. The molecule has 0 aromatic heterocycles. The fraction of sp³-hybridized carbons (Fsp3) is 0.857. The molecule has 4 heteroatoms. The zero-order valence-corrected chi connectivity index (χ0v) is 11.5. The number of carboxylic acids is 1. The molecule has 1 fully saturated rings. The molecule has 0 aliphatic heterocycles. The van der Waals surface area contributed by atoms with Gasteiger partial charge in [-0.1, -0.05) is 33.1 Å². The molecular formula is C14H25NO3. The van der Waals surface area contributed by atoms with Gasteiger partial charge in [0.1, 0.15) is 0 Å². The van der Waals surface area contributed by atoms with Crippen LogP contribution in [0.15, 0.2) is 0 Å². The summed E-state index contributed by atoms with van der Waals surface area (Å²) in [7, 11) is 0. The Bertz CT molecular complexity index is 291. The quantitative estimate of drug-likeness (QED) is 0.766. The monoisotopic (exact) mass is 255 g/mol. The number of hydrogen-bond donors (Lipinski definition) is 2. The van der Waals surface area contributed by atoms with Gasteiger partial charge in [0.05, 0.1) is 5.41 Å². The summed E-state index contributed by atoms with van der Waals surface area (Å²) in [6.45, 7) is 4.26. The van der Waals surface area contributed by atoms with Crippen LogP contribution in [0.25, 0.3) is 0 Å². The van der Waals surface area contributed by atoms with Crippen LogP contribution in [0.4, 0.5) is 0 Å². The van der Waals surface area contributed by atoms with Gasteiger partial charge in [0, 0.05) is 12.5 Å². The van der Waals surface area contributed by atoms with Crippen molar-refractivity contribution in [1.29, 1.82) is 0 Å². The number of aliphatic carboxylic acids is 1. The topological polar surface area (TPSA) is 66.4 Å². The molecule has 2 N–H and O–H groups in total. The summed E-state index contributed by atoms with van der Waals surface area (Å²) in [6.07, 6.45) is 6.00. The summed E-state index contributed by atoms with van der Waals surface area (Å²) < 4.78 is 0. The molecule has 0 spiro atoms. The van der Waals surface area contributed by atoms with Gasteiger partial charge in [-0.05, 0) is 25.7 Å². The largest absolute Gasteiger partial charge is 0.481 e. The van der Waals surface area contributed by atoms with Gasteiger partial charge >= 0.3 is 5.97 Å². The van der Waals surface area contributed by atoms with Crippen LogP contribution in [-0.4, -0.2) is 23.5 Å². The van der Waals surface area contributed by atoms with Gasteiger partial charge in [-0.15, -0.1) is 0 Å². The highest BCUT2D eigenvalue weighted by molar-refractivity contribution is 5.80. The summed E-state index contributed by atoms with van der Waals surface area (Å²) in [5.41, 5.74) is -0.722. The molecule has 0 bridgehead atoms. The smallest absolute Gasteiger partial charge is 0.311 e. The van der Waals surface area contributed by atoms with Gasteiger partial charge in [-0.2, -0.15) is 0 Å². The van der Waals surface area contributed by atoms with Crippen LogP contribution >= 0.6 is 0 Å². The summed E-state index contributed by atoms with van der Waals surface area (Å²) in [4.78, 5) is 23.4. The van der Waals surface area contributed by atoms with Crippen LogP contribution in [0, 0.1) is 11.3 Å². The maximum Gasteiger partial charge on any atom is 0.311 e. The molecule has 0 heterocycles. The maximum absolute atomic E-state index is 11.9. The molecule has 18 heavy (non-hydrogen) atoms. The first kappa shape index (κ1) is 15.0. The number of rotatable bonds is 6. The van der Waals surface area contributed by atoms with Crippen LogP contribution in [-0.2, 0) is 9.59 Å². The Morgan fingerprint density at radius 2 is 1.72 bits per heavy atom. The predicted molar refractivity (Wildman–Crippen MR) is 70.2 cm³/mol. The third kappa shape index (κ3) is 3.47. The molecule has 0 aromatic rings. The van der Waals surface area contributed by atoms with Gasteiger partial charge in [0.25, 0.3) is 0 Å². The highest BCUT2D eigenvalue weighted by atomic mass is 16.4. The highest BCUT2D eigenvalue weighted by Gasteiger charge is 2.39. The molecule has 0 atom stereocenters. The van der Waals surface area contributed by atoms with Crippen molar-refractivity contribution in [3.63, 3.8) is 0 Å². The van der Waals surface area contributed by atoms with E-state index in [0.29, 0.717) is 12.8 Å². The van der Waals surface area contributed by atoms with E-state index in [2.05, 4.69) is 5.32 Å². The Morgan fingerprint density at radius 3 is 2.17 bits per heavy atom. The van der Waals surface area contributed by atoms with Gasteiger partial charge in [-0.25, -0.2) is 0 Å². The van der Waals surface area contributed by atoms with Crippen LogP contribution in [0.2, 0.25) is 0 Å². The zero-order valence-electron chi connectivity index (χ0n) is 11.5. The third-order valence-corrected chi connectivity index (χ3v) is 4.22. The Morgan fingerprint density at radius 1 is 1.17 bits per heavy atom. The second-order valence-electron chi connectivity index (χ2n) is 5.38.